The SMILES string of the molecule is COc1ccc(/C=C2\C(=O)NC(=S)N(c3ccc(C(C)C)cc3)C2=O)c(OC)c1C. The molecule has 0 aliphatic carbocycles. The lowest BCUT2D eigenvalue weighted by Crippen LogP contribution is -2.54. The minimum Gasteiger partial charge on any atom is -0.496 e. The molecular weight excluding hydrogens is 400 g/mol. The maximum atomic E-state index is 13.2. The Morgan fingerprint density at radius 3 is 2.27 bits per heavy atom. The highest BCUT2D eigenvalue weighted by atomic mass is 32.1. The van der Waals surface area contributed by atoms with Gasteiger partial charge in [-0.15, -0.1) is 0 Å². The van der Waals surface area contributed by atoms with Crippen molar-refractivity contribution in [1.29, 1.82) is 0 Å². The number of ether oxygens (including phenoxy) is 2. The molecule has 1 heterocycles. The number of methoxy groups -OCH3 is 2. The molecule has 1 saturated heterocycles. The molecule has 0 radical (unpaired) electrons. The van der Waals surface area contributed by atoms with Crippen molar-refractivity contribution in [3.63, 3.8) is 0 Å². The van der Waals surface area contributed by atoms with Crippen LogP contribution in [0.2, 0.25) is 0 Å². The summed E-state index contributed by atoms with van der Waals surface area (Å²) in [5.74, 6) is 0.515. The molecule has 1 N–H and O–H groups in total. The minimum atomic E-state index is -0.546. The number of rotatable bonds is 5. The van der Waals surface area contributed by atoms with Crippen LogP contribution in [0.15, 0.2) is 42.0 Å². The molecule has 0 aromatic heterocycles. The van der Waals surface area contributed by atoms with Crippen LogP contribution >= 0.6 is 12.2 Å². The number of hydrogen-bond acceptors (Lipinski definition) is 5. The lowest BCUT2D eigenvalue weighted by molar-refractivity contribution is -0.122. The average molecular weight is 425 g/mol. The van der Waals surface area contributed by atoms with E-state index < -0.39 is 11.8 Å². The Labute approximate surface area is 181 Å². The number of nitrogens with zero attached hydrogens (tertiary/aromatic N) is 1. The van der Waals surface area contributed by atoms with Gasteiger partial charge in [0.05, 0.1) is 19.9 Å². The predicted molar refractivity (Wildman–Crippen MR) is 121 cm³/mol. The van der Waals surface area contributed by atoms with E-state index in [0.717, 1.165) is 11.1 Å². The summed E-state index contributed by atoms with van der Waals surface area (Å²) in [4.78, 5) is 27.1. The number of carbonyl (C=O) groups is 2. The van der Waals surface area contributed by atoms with E-state index in [4.69, 9.17) is 21.7 Å². The highest BCUT2D eigenvalue weighted by Gasteiger charge is 2.34. The van der Waals surface area contributed by atoms with Gasteiger partial charge in [-0.05, 0) is 61.0 Å². The van der Waals surface area contributed by atoms with Crippen LogP contribution in [0.25, 0.3) is 6.08 Å². The van der Waals surface area contributed by atoms with Gasteiger partial charge in [0.25, 0.3) is 11.8 Å². The fourth-order valence-corrected chi connectivity index (χ4v) is 3.64. The van der Waals surface area contributed by atoms with Crippen LogP contribution in [0, 0.1) is 6.92 Å². The van der Waals surface area contributed by atoms with Gasteiger partial charge in [0, 0.05) is 11.1 Å². The first-order valence-corrected chi connectivity index (χ1v) is 9.92. The summed E-state index contributed by atoms with van der Waals surface area (Å²) in [7, 11) is 3.10. The van der Waals surface area contributed by atoms with E-state index >= 15 is 0 Å². The summed E-state index contributed by atoms with van der Waals surface area (Å²) in [6.07, 6.45) is 1.51. The topological polar surface area (TPSA) is 67.9 Å². The quantitative estimate of drug-likeness (QED) is 0.447. The first-order valence-electron chi connectivity index (χ1n) is 9.51. The summed E-state index contributed by atoms with van der Waals surface area (Å²) in [5.41, 5.74) is 3.08. The smallest absolute Gasteiger partial charge is 0.270 e. The van der Waals surface area contributed by atoms with Gasteiger partial charge < -0.3 is 9.47 Å². The van der Waals surface area contributed by atoms with Gasteiger partial charge >= 0.3 is 0 Å². The number of anilines is 1. The fourth-order valence-electron chi connectivity index (χ4n) is 3.36. The van der Waals surface area contributed by atoms with Crippen LogP contribution in [-0.2, 0) is 9.59 Å². The lowest BCUT2D eigenvalue weighted by Gasteiger charge is -2.29. The molecule has 3 rings (SSSR count). The Hall–Kier alpha value is -3.19. The Morgan fingerprint density at radius 2 is 1.70 bits per heavy atom. The van der Waals surface area contributed by atoms with Crippen LogP contribution < -0.4 is 19.7 Å². The Morgan fingerprint density at radius 1 is 1.03 bits per heavy atom. The van der Waals surface area contributed by atoms with Crippen LogP contribution in [-0.4, -0.2) is 31.1 Å². The zero-order valence-electron chi connectivity index (χ0n) is 17.6. The van der Waals surface area contributed by atoms with Crippen molar-refractivity contribution >= 4 is 40.9 Å². The molecule has 1 aliphatic heterocycles. The summed E-state index contributed by atoms with van der Waals surface area (Å²) < 4.78 is 10.8. The van der Waals surface area contributed by atoms with Crippen molar-refractivity contribution < 1.29 is 19.1 Å². The van der Waals surface area contributed by atoms with Gasteiger partial charge in [-0.25, -0.2) is 0 Å². The molecular formula is C23H24N2O4S. The molecule has 6 nitrogen and oxygen atoms in total. The van der Waals surface area contributed by atoms with E-state index in [2.05, 4.69) is 19.2 Å². The normalized spacial score (nSPS) is 15.6. The third-order valence-corrected chi connectivity index (χ3v) is 5.31. The van der Waals surface area contributed by atoms with Crippen LogP contribution in [0.1, 0.15) is 36.5 Å². The Kier molecular flexibility index (Phi) is 6.22. The molecule has 156 valence electrons. The molecule has 0 atom stereocenters. The maximum Gasteiger partial charge on any atom is 0.270 e. The zero-order chi connectivity index (χ0) is 22.0. The van der Waals surface area contributed by atoms with E-state index in [1.165, 1.54) is 18.1 Å². The molecule has 0 spiro atoms. The van der Waals surface area contributed by atoms with Crippen molar-refractivity contribution in [2.45, 2.75) is 26.7 Å². The van der Waals surface area contributed by atoms with Gasteiger partial charge in [-0.3, -0.25) is 19.8 Å². The van der Waals surface area contributed by atoms with E-state index in [1.54, 1.807) is 19.2 Å². The third-order valence-electron chi connectivity index (χ3n) is 5.03. The Balaban J connectivity index is 2.03. The zero-order valence-corrected chi connectivity index (χ0v) is 18.4. The van der Waals surface area contributed by atoms with Gasteiger partial charge in [-0.2, -0.15) is 0 Å². The van der Waals surface area contributed by atoms with Crippen LogP contribution in [0.5, 0.6) is 11.5 Å². The first-order chi connectivity index (χ1) is 14.3. The van der Waals surface area contributed by atoms with Gasteiger partial charge in [0.1, 0.15) is 17.1 Å². The largest absolute Gasteiger partial charge is 0.496 e. The van der Waals surface area contributed by atoms with E-state index in [0.29, 0.717) is 28.7 Å². The third kappa shape index (κ3) is 3.93. The molecule has 7 heteroatoms. The van der Waals surface area contributed by atoms with E-state index in [1.807, 2.05) is 31.2 Å². The van der Waals surface area contributed by atoms with E-state index in [9.17, 15) is 9.59 Å². The van der Waals surface area contributed by atoms with Crippen molar-refractivity contribution in [3.05, 3.63) is 58.7 Å². The lowest BCUT2D eigenvalue weighted by atomic mass is 10.0. The maximum absolute atomic E-state index is 13.2. The summed E-state index contributed by atoms with van der Waals surface area (Å²) >= 11 is 5.27. The summed E-state index contributed by atoms with van der Waals surface area (Å²) in [5, 5.41) is 2.66. The van der Waals surface area contributed by atoms with Crippen molar-refractivity contribution in [1.82, 2.24) is 5.32 Å². The molecule has 2 aromatic carbocycles. The summed E-state index contributed by atoms with van der Waals surface area (Å²) in [6, 6.07) is 11.1. The highest BCUT2D eigenvalue weighted by molar-refractivity contribution is 7.80. The van der Waals surface area contributed by atoms with Gasteiger partial charge in [-0.1, -0.05) is 26.0 Å². The molecule has 2 amide bonds. The molecule has 30 heavy (non-hydrogen) atoms. The highest BCUT2D eigenvalue weighted by Crippen LogP contribution is 2.33. The van der Waals surface area contributed by atoms with Gasteiger partial charge in [0.15, 0.2) is 5.11 Å². The number of amides is 2. The second-order valence-corrected chi connectivity index (χ2v) is 7.61. The average Bonchev–Trinajstić information content (AvgIpc) is 2.71. The van der Waals surface area contributed by atoms with Crippen molar-refractivity contribution in [2.75, 3.05) is 19.1 Å². The second kappa shape index (κ2) is 8.67. The monoisotopic (exact) mass is 424 g/mol. The molecule has 0 saturated carbocycles. The predicted octanol–water partition coefficient (Wildman–Crippen LogP) is 3.97. The summed E-state index contributed by atoms with van der Waals surface area (Å²) in [6.45, 7) is 6.04. The Bertz CT molecular complexity index is 1040. The number of benzene rings is 2. The minimum absolute atomic E-state index is 0.0283. The van der Waals surface area contributed by atoms with Gasteiger partial charge in [0.2, 0.25) is 0 Å². The van der Waals surface area contributed by atoms with Crippen LogP contribution in [0.3, 0.4) is 0 Å². The molecule has 0 unspecified atom stereocenters. The fraction of sp³-hybridized carbons (Fsp3) is 0.261. The molecule has 0 bridgehead atoms. The number of thiocarbonyl (C=S) groups is 1. The van der Waals surface area contributed by atoms with Crippen LogP contribution in [0.4, 0.5) is 5.69 Å². The number of carbonyl (C=O) groups excluding carboxylic acids is 2. The number of hydrogen-bond donors (Lipinski definition) is 1. The molecule has 1 aliphatic rings. The number of nitrogens with one attached hydrogen (secondary N) is 1. The van der Waals surface area contributed by atoms with E-state index in [-0.39, 0.29) is 10.7 Å². The first kappa shape index (κ1) is 21.5. The van der Waals surface area contributed by atoms with Crippen molar-refractivity contribution in [3.8, 4) is 11.5 Å². The second-order valence-electron chi connectivity index (χ2n) is 7.22. The molecule has 1 fully saturated rings. The van der Waals surface area contributed by atoms with Crippen molar-refractivity contribution in [2.24, 2.45) is 0 Å². The molecule has 2 aromatic rings. The standard InChI is InChI=1S/C23H24N2O4S/c1-13(2)15-6-9-17(10-7-15)25-22(27)18(21(26)24-23(25)30)12-16-8-11-19(28-4)14(3)20(16)29-5/h6-13H,1-5H3,(H,24,26,30)/b18-12+.